The molecule has 0 bridgehead atoms. The van der Waals surface area contributed by atoms with Crippen LogP contribution in [0.4, 0.5) is 17.5 Å². The second-order valence-electron chi connectivity index (χ2n) is 6.90. The molecule has 4 heterocycles. The Labute approximate surface area is 171 Å². The maximum absolute atomic E-state index is 13.1. The molecule has 0 aromatic carbocycles. The summed E-state index contributed by atoms with van der Waals surface area (Å²) in [6.45, 7) is 3.72. The highest BCUT2D eigenvalue weighted by molar-refractivity contribution is 6.08. The lowest BCUT2D eigenvalue weighted by Crippen LogP contribution is -2.53. The van der Waals surface area contributed by atoms with Crippen LogP contribution in [0.2, 0.25) is 0 Å². The van der Waals surface area contributed by atoms with Crippen molar-refractivity contribution in [1.29, 1.82) is 0 Å². The highest BCUT2D eigenvalue weighted by atomic mass is 16.2. The molecule has 2 atom stereocenters. The quantitative estimate of drug-likeness (QED) is 0.603. The fraction of sp³-hybridized carbons (Fsp3) is 0.200. The normalized spacial score (nSPS) is 17.6. The number of H-pyrrole nitrogens is 1. The summed E-state index contributed by atoms with van der Waals surface area (Å²) in [5, 5.41) is 5.69. The van der Waals surface area contributed by atoms with E-state index in [1.165, 1.54) is 17.3 Å². The number of nitrogens with one attached hydrogen (secondary N) is 3. The minimum Gasteiger partial charge on any atom is -0.364 e. The van der Waals surface area contributed by atoms with Crippen molar-refractivity contribution in [3.05, 3.63) is 70.5 Å². The molecule has 0 aliphatic carbocycles. The number of hydrogen-bond acceptors (Lipinski definition) is 7. The second-order valence-corrected chi connectivity index (χ2v) is 6.90. The molecule has 3 N–H and O–H groups in total. The van der Waals surface area contributed by atoms with Crippen LogP contribution in [-0.2, 0) is 0 Å². The van der Waals surface area contributed by atoms with Crippen molar-refractivity contribution >= 4 is 29.3 Å². The molecule has 0 fully saturated rings. The van der Waals surface area contributed by atoms with Crippen LogP contribution in [0, 0.1) is 0 Å². The Balaban J connectivity index is 1.71. The Morgan fingerprint density at radius 3 is 2.37 bits per heavy atom. The summed E-state index contributed by atoms with van der Waals surface area (Å²) in [7, 11) is 0. The third-order valence-corrected chi connectivity index (χ3v) is 4.91. The van der Waals surface area contributed by atoms with Gasteiger partial charge in [-0.05, 0) is 38.1 Å². The van der Waals surface area contributed by atoms with Gasteiger partial charge in [0.05, 0.1) is 17.2 Å². The van der Waals surface area contributed by atoms with Gasteiger partial charge in [0.1, 0.15) is 0 Å². The second kappa shape index (κ2) is 7.74. The van der Waals surface area contributed by atoms with E-state index < -0.39 is 11.5 Å². The SMILES string of the molecule is C[C@@H]1Nc2nc(NC(=O)c3cccnc3)[nH]c(=O)c2N(C(=O)c2cccnc2)[C@H]1C. The predicted molar refractivity (Wildman–Crippen MR) is 111 cm³/mol. The lowest BCUT2D eigenvalue weighted by molar-refractivity contribution is 0.0972. The van der Waals surface area contributed by atoms with Gasteiger partial charge in [0.2, 0.25) is 5.95 Å². The number of hydrogen-bond donors (Lipinski definition) is 3. The molecule has 10 heteroatoms. The Bertz CT molecular complexity index is 1150. The molecule has 152 valence electrons. The molecule has 0 spiro atoms. The molecular weight excluding hydrogens is 386 g/mol. The Morgan fingerprint density at radius 2 is 1.73 bits per heavy atom. The number of aromatic nitrogens is 4. The van der Waals surface area contributed by atoms with Gasteiger partial charge in [0, 0.05) is 30.8 Å². The van der Waals surface area contributed by atoms with E-state index >= 15 is 0 Å². The molecule has 1 aliphatic heterocycles. The summed E-state index contributed by atoms with van der Waals surface area (Å²) >= 11 is 0. The first kappa shape index (κ1) is 19.2. The molecule has 0 unspecified atom stereocenters. The number of aromatic amines is 1. The molecule has 1 aliphatic rings. The lowest BCUT2D eigenvalue weighted by Gasteiger charge is -2.38. The zero-order valence-corrected chi connectivity index (χ0v) is 16.3. The van der Waals surface area contributed by atoms with E-state index in [1.807, 2.05) is 13.8 Å². The summed E-state index contributed by atoms with van der Waals surface area (Å²) in [5.74, 6) is -0.643. The van der Waals surface area contributed by atoms with Crippen LogP contribution in [-0.4, -0.2) is 43.8 Å². The summed E-state index contributed by atoms with van der Waals surface area (Å²) < 4.78 is 0. The lowest BCUT2D eigenvalue weighted by atomic mass is 10.0. The Hall–Kier alpha value is -4.08. The zero-order chi connectivity index (χ0) is 21.3. The summed E-state index contributed by atoms with van der Waals surface area (Å²) in [6, 6.07) is 6.01. The number of nitrogens with zero attached hydrogens (tertiary/aromatic N) is 4. The summed E-state index contributed by atoms with van der Waals surface area (Å²) in [5.41, 5.74) is 0.220. The predicted octanol–water partition coefficient (Wildman–Crippen LogP) is 1.66. The van der Waals surface area contributed by atoms with Crippen molar-refractivity contribution in [3.63, 3.8) is 0 Å². The number of pyridine rings is 2. The van der Waals surface area contributed by atoms with Crippen LogP contribution in [0.1, 0.15) is 34.6 Å². The molecular formula is C20H19N7O3. The molecule has 3 aromatic heterocycles. The van der Waals surface area contributed by atoms with Crippen molar-refractivity contribution in [2.45, 2.75) is 25.9 Å². The topological polar surface area (TPSA) is 133 Å². The summed E-state index contributed by atoms with van der Waals surface area (Å²) in [6.07, 6.45) is 5.98. The first-order chi connectivity index (χ1) is 14.5. The molecule has 4 rings (SSSR count). The van der Waals surface area contributed by atoms with Gasteiger partial charge < -0.3 is 5.32 Å². The van der Waals surface area contributed by atoms with E-state index in [0.29, 0.717) is 11.1 Å². The van der Waals surface area contributed by atoms with Gasteiger partial charge in [0.25, 0.3) is 17.4 Å². The molecule has 10 nitrogen and oxygen atoms in total. The van der Waals surface area contributed by atoms with E-state index in [-0.39, 0.29) is 35.4 Å². The van der Waals surface area contributed by atoms with Crippen LogP contribution in [0.15, 0.2) is 53.8 Å². The van der Waals surface area contributed by atoms with E-state index in [4.69, 9.17) is 0 Å². The highest BCUT2D eigenvalue weighted by Gasteiger charge is 2.36. The molecule has 0 saturated heterocycles. The van der Waals surface area contributed by atoms with E-state index in [1.54, 1.807) is 36.7 Å². The van der Waals surface area contributed by atoms with Gasteiger partial charge in [0.15, 0.2) is 11.5 Å². The van der Waals surface area contributed by atoms with Crippen LogP contribution >= 0.6 is 0 Å². The van der Waals surface area contributed by atoms with Crippen molar-refractivity contribution in [1.82, 2.24) is 19.9 Å². The molecule has 30 heavy (non-hydrogen) atoms. The third-order valence-electron chi connectivity index (χ3n) is 4.91. The number of carbonyl (C=O) groups excluding carboxylic acids is 2. The standard InChI is InChI=1S/C20H19N7O3/c1-11-12(2)27(19(30)14-6-4-8-22-10-14)15-16(23-11)24-20(26-18(15)29)25-17(28)13-5-3-7-21-9-13/h3-12H,1-2H3,(H3,23,24,25,26,28,29)/t11-,12-/m0/s1. The van der Waals surface area contributed by atoms with Gasteiger partial charge in [-0.1, -0.05) is 0 Å². The maximum atomic E-state index is 13.1. The number of rotatable bonds is 3. The molecule has 0 saturated carbocycles. The first-order valence-electron chi connectivity index (χ1n) is 9.31. The molecule has 0 radical (unpaired) electrons. The van der Waals surface area contributed by atoms with Crippen LogP contribution in [0.5, 0.6) is 0 Å². The van der Waals surface area contributed by atoms with Gasteiger partial charge in [-0.2, -0.15) is 4.98 Å². The fourth-order valence-corrected chi connectivity index (χ4v) is 3.21. The molecule has 3 aromatic rings. The van der Waals surface area contributed by atoms with Crippen LogP contribution in [0.25, 0.3) is 0 Å². The Morgan fingerprint density at radius 1 is 1.07 bits per heavy atom. The van der Waals surface area contributed by atoms with E-state index in [9.17, 15) is 14.4 Å². The third kappa shape index (κ3) is 3.50. The van der Waals surface area contributed by atoms with Crippen LogP contribution < -0.4 is 21.1 Å². The van der Waals surface area contributed by atoms with Gasteiger partial charge in [-0.15, -0.1) is 0 Å². The monoisotopic (exact) mass is 405 g/mol. The van der Waals surface area contributed by atoms with Gasteiger partial charge >= 0.3 is 0 Å². The first-order valence-corrected chi connectivity index (χ1v) is 9.31. The van der Waals surface area contributed by atoms with E-state index in [2.05, 4.69) is 30.6 Å². The minimum atomic E-state index is -0.551. The van der Waals surface area contributed by atoms with Crippen molar-refractivity contribution in [2.75, 3.05) is 15.5 Å². The van der Waals surface area contributed by atoms with E-state index in [0.717, 1.165) is 0 Å². The largest absolute Gasteiger partial charge is 0.364 e. The highest BCUT2D eigenvalue weighted by Crippen LogP contribution is 2.31. The average molecular weight is 405 g/mol. The number of anilines is 3. The van der Waals surface area contributed by atoms with Crippen molar-refractivity contribution in [2.24, 2.45) is 0 Å². The Kier molecular flexibility index (Phi) is 4.97. The van der Waals surface area contributed by atoms with Crippen molar-refractivity contribution in [3.8, 4) is 0 Å². The minimum absolute atomic E-state index is 0.0318. The number of carbonyl (C=O) groups is 2. The average Bonchev–Trinajstić information content (AvgIpc) is 2.76. The van der Waals surface area contributed by atoms with Crippen LogP contribution in [0.3, 0.4) is 0 Å². The zero-order valence-electron chi connectivity index (χ0n) is 16.3. The van der Waals surface area contributed by atoms with Gasteiger partial charge in [-0.25, -0.2) is 0 Å². The molecule has 2 amide bonds. The number of fused-ring (bicyclic) bond motifs is 1. The maximum Gasteiger partial charge on any atom is 0.278 e. The smallest absolute Gasteiger partial charge is 0.278 e. The number of amides is 2. The van der Waals surface area contributed by atoms with Gasteiger partial charge in [-0.3, -0.25) is 39.6 Å². The fourth-order valence-electron chi connectivity index (χ4n) is 3.21. The summed E-state index contributed by atoms with van der Waals surface area (Å²) in [4.78, 5) is 54.5. The van der Waals surface area contributed by atoms with Crippen molar-refractivity contribution < 1.29 is 9.59 Å².